The van der Waals surface area contributed by atoms with Crippen molar-refractivity contribution in [2.45, 2.75) is 85.0 Å². The normalized spacial score (nSPS) is 50.4. The Balaban J connectivity index is 1.54. The molecule has 3 nitrogen and oxygen atoms in total. The van der Waals surface area contributed by atoms with Crippen LogP contribution in [0.3, 0.4) is 0 Å². The van der Waals surface area contributed by atoms with E-state index in [1.54, 1.807) is 0 Å². The number of carboxylic acids is 1. The number of ketones is 1. The summed E-state index contributed by atoms with van der Waals surface area (Å²) in [4.78, 5) is 23.4. The number of aliphatic carboxylic acids is 1. The summed E-state index contributed by atoms with van der Waals surface area (Å²) in [6.45, 7) is 6.77. The second-order valence-electron chi connectivity index (χ2n) is 10.7. The van der Waals surface area contributed by atoms with Crippen LogP contribution in [0.15, 0.2) is 0 Å². The minimum absolute atomic E-state index is 0.247. The van der Waals surface area contributed by atoms with Crippen molar-refractivity contribution in [3.63, 3.8) is 0 Å². The van der Waals surface area contributed by atoms with E-state index >= 15 is 0 Å². The predicted octanol–water partition coefficient (Wildman–Crippen LogP) is 5.33. The van der Waals surface area contributed by atoms with Gasteiger partial charge in [0.1, 0.15) is 5.78 Å². The topological polar surface area (TPSA) is 54.4 Å². The summed E-state index contributed by atoms with van der Waals surface area (Å²) in [6, 6.07) is 0. The number of Topliss-reactive ketones (excluding diaryl/α,β-unsaturated/α-hetero) is 1. The number of hydrogen-bond acceptors (Lipinski definition) is 2. The van der Waals surface area contributed by atoms with Crippen LogP contribution >= 0.6 is 0 Å². The number of hydrogen-bond donors (Lipinski definition) is 1. The molecule has 0 saturated heterocycles. The molecule has 3 heteroatoms. The van der Waals surface area contributed by atoms with Crippen molar-refractivity contribution in [1.29, 1.82) is 0 Å². The van der Waals surface area contributed by atoms with Crippen molar-refractivity contribution < 1.29 is 14.7 Å². The summed E-state index contributed by atoms with van der Waals surface area (Å²) >= 11 is 0. The van der Waals surface area contributed by atoms with Gasteiger partial charge < -0.3 is 5.11 Å². The van der Waals surface area contributed by atoms with Gasteiger partial charge in [-0.1, -0.05) is 13.8 Å². The first-order valence-electron chi connectivity index (χ1n) is 11.0. The molecule has 1 N–H and O–H groups in total. The van der Waals surface area contributed by atoms with Crippen molar-refractivity contribution in [3.8, 4) is 0 Å². The van der Waals surface area contributed by atoms with Crippen LogP contribution in [0.5, 0.6) is 0 Å². The Morgan fingerprint density at radius 1 is 0.923 bits per heavy atom. The van der Waals surface area contributed by atoms with E-state index in [1.165, 1.54) is 38.5 Å². The fourth-order valence-corrected chi connectivity index (χ4v) is 8.45. The van der Waals surface area contributed by atoms with Gasteiger partial charge in [0.25, 0.3) is 0 Å². The zero-order chi connectivity index (χ0) is 18.7. The fourth-order valence-electron chi connectivity index (χ4n) is 8.45. The Morgan fingerprint density at radius 2 is 1.62 bits per heavy atom. The Morgan fingerprint density at radius 3 is 2.31 bits per heavy atom. The lowest BCUT2D eigenvalue weighted by atomic mass is 9.44. The first-order valence-corrected chi connectivity index (χ1v) is 11.0. The van der Waals surface area contributed by atoms with Gasteiger partial charge in [0.2, 0.25) is 0 Å². The van der Waals surface area contributed by atoms with Gasteiger partial charge in [-0.15, -0.1) is 0 Å². The van der Waals surface area contributed by atoms with E-state index < -0.39 is 5.97 Å². The van der Waals surface area contributed by atoms with E-state index in [2.05, 4.69) is 13.8 Å². The van der Waals surface area contributed by atoms with E-state index in [0.29, 0.717) is 29.5 Å². The maximum Gasteiger partial charge on any atom is 0.303 e. The smallest absolute Gasteiger partial charge is 0.303 e. The Bertz CT molecular complexity index is 598. The summed E-state index contributed by atoms with van der Waals surface area (Å²) in [6.07, 6.45) is 11.3. The first kappa shape index (κ1) is 18.5. The van der Waals surface area contributed by atoms with Crippen LogP contribution in [0.1, 0.15) is 85.0 Å². The molecule has 0 radical (unpaired) electrons. The lowest BCUT2D eigenvalue weighted by Crippen LogP contribution is -2.53. The largest absolute Gasteiger partial charge is 0.481 e. The second-order valence-corrected chi connectivity index (χ2v) is 10.7. The Labute approximate surface area is 158 Å². The van der Waals surface area contributed by atoms with Gasteiger partial charge in [-0.05, 0) is 105 Å². The number of rotatable bonds is 3. The van der Waals surface area contributed by atoms with Gasteiger partial charge in [0.15, 0.2) is 0 Å². The minimum atomic E-state index is -0.623. The van der Waals surface area contributed by atoms with Crippen LogP contribution in [-0.2, 0) is 9.59 Å². The van der Waals surface area contributed by atoms with Crippen molar-refractivity contribution in [3.05, 3.63) is 0 Å². The molecule has 0 aromatic heterocycles. The zero-order valence-corrected chi connectivity index (χ0v) is 16.8. The van der Waals surface area contributed by atoms with Gasteiger partial charge >= 0.3 is 5.97 Å². The van der Waals surface area contributed by atoms with Crippen molar-refractivity contribution in [2.75, 3.05) is 0 Å². The molecule has 0 aromatic carbocycles. The van der Waals surface area contributed by atoms with Crippen LogP contribution in [0, 0.1) is 46.3 Å². The van der Waals surface area contributed by atoms with Crippen LogP contribution in [0.25, 0.3) is 0 Å². The quantitative estimate of drug-likeness (QED) is 0.740. The highest BCUT2D eigenvalue weighted by Crippen LogP contribution is 2.67. The molecule has 0 aromatic rings. The summed E-state index contributed by atoms with van der Waals surface area (Å²) in [7, 11) is 0. The molecular formula is C23H36O3. The third kappa shape index (κ3) is 2.67. The van der Waals surface area contributed by atoms with Crippen molar-refractivity contribution >= 4 is 11.8 Å². The van der Waals surface area contributed by atoms with E-state index in [-0.39, 0.29) is 5.41 Å². The van der Waals surface area contributed by atoms with E-state index in [9.17, 15) is 14.7 Å². The molecule has 0 unspecified atom stereocenters. The van der Waals surface area contributed by atoms with Gasteiger partial charge in [-0.25, -0.2) is 0 Å². The highest BCUT2D eigenvalue weighted by molar-refractivity contribution is 5.79. The number of carbonyl (C=O) groups excluding carboxylic acids is 1. The molecule has 8 atom stereocenters. The molecule has 4 rings (SSSR count). The predicted molar refractivity (Wildman–Crippen MR) is 102 cm³/mol. The molecule has 0 spiro atoms. The molecule has 0 heterocycles. The van der Waals surface area contributed by atoms with Crippen LogP contribution in [-0.4, -0.2) is 16.9 Å². The van der Waals surface area contributed by atoms with Crippen LogP contribution < -0.4 is 0 Å². The van der Waals surface area contributed by atoms with Crippen molar-refractivity contribution in [1.82, 2.24) is 0 Å². The molecule has 0 amide bonds. The van der Waals surface area contributed by atoms with E-state index in [1.807, 2.05) is 6.92 Å². The standard InChI is InChI=1S/C23H36O3/c1-14(24)18-6-7-19-17-5-4-16-12-15(13-21(25)26)8-10-22(16,2)20(17)9-11-23(18,19)3/h15-20H,4-13H2,1-3H3,(H,25,26)/t15-,16-,17+,18-,19+,20+,22+,23-/m1/s1. The summed E-state index contributed by atoms with van der Waals surface area (Å²) in [5, 5.41) is 9.19. The highest BCUT2D eigenvalue weighted by atomic mass is 16.4. The Hall–Kier alpha value is -0.860. The fraction of sp³-hybridized carbons (Fsp3) is 0.913. The highest BCUT2D eigenvalue weighted by Gasteiger charge is 2.60. The van der Waals surface area contributed by atoms with Gasteiger partial charge in [-0.2, -0.15) is 0 Å². The monoisotopic (exact) mass is 360 g/mol. The van der Waals surface area contributed by atoms with Crippen LogP contribution in [0.2, 0.25) is 0 Å². The molecule has 4 aliphatic carbocycles. The number of fused-ring (bicyclic) bond motifs is 5. The number of carbonyl (C=O) groups is 2. The third-order valence-electron chi connectivity index (χ3n) is 9.73. The van der Waals surface area contributed by atoms with Gasteiger partial charge in [-0.3, -0.25) is 9.59 Å². The molecule has 4 aliphatic rings. The molecule has 26 heavy (non-hydrogen) atoms. The maximum absolute atomic E-state index is 12.2. The molecule has 4 saturated carbocycles. The first-order chi connectivity index (χ1) is 12.3. The summed E-state index contributed by atoms with van der Waals surface area (Å²) < 4.78 is 0. The third-order valence-corrected chi connectivity index (χ3v) is 9.73. The lowest BCUT2D eigenvalue weighted by molar-refractivity contribution is -0.143. The molecule has 0 bridgehead atoms. The summed E-state index contributed by atoms with van der Waals surface area (Å²) in [5.74, 6) is 3.55. The maximum atomic E-state index is 12.2. The lowest BCUT2D eigenvalue weighted by Gasteiger charge is -2.61. The number of carboxylic acid groups (broad SMARTS) is 1. The second kappa shape index (κ2) is 6.34. The summed E-state index contributed by atoms with van der Waals surface area (Å²) in [5.41, 5.74) is 0.657. The van der Waals surface area contributed by atoms with Crippen molar-refractivity contribution in [2.24, 2.45) is 46.3 Å². The Kier molecular flexibility index (Phi) is 4.51. The minimum Gasteiger partial charge on any atom is -0.481 e. The van der Waals surface area contributed by atoms with Crippen LogP contribution in [0.4, 0.5) is 0 Å². The molecule has 4 fully saturated rings. The van der Waals surface area contributed by atoms with E-state index in [0.717, 1.165) is 42.9 Å². The SMILES string of the molecule is CC(=O)[C@H]1CC[C@H]2[C@@H]3CC[C@@H]4C[C@H](CC(=O)O)CC[C@]4(C)[C@H]3CC[C@]12C. The average Bonchev–Trinajstić information content (AvgIpc) is 2.92. The molecular weight excluding hydrogens is 324 g/mol. The zero-order valence-electron chi connectivity index (χ0n) is 16.8. The molecule has 146 valence electrons. The van der Waals surface area contributed by atoms with Gasteiger partial charge in [0.05, 0.1) is 0 Å². The molecule has 0 aliphatic heterocycles. The van der Waals surface area contributed by atoms with E-state index in [4.69, 9.17) is 0 Å². The van der Waals surface area contributed by atoms with Gasteiger partial charge in [0, 0.05) is 12.3 Å². The average molecular weight is 361 g/mol.